The highest BCUT2D eigenvalue weighted by Gasteiger charge is 2.13. The number of nitrogens with one attached hydrogen (secondary N) is 1. The average Bonchev–Trinajstić information content (AvgIpc) is 2.44. The van der Waals surface area contributed by atoms with Gasteiger partial charge in [-0.3, -0.25) is 4.98 Å². The van der Waals surface area contributed by atoms with Crippen LogP contribution in [-0.4, -0.2) is 32.7 Å². The molecule has 0 fully saturated rings. The summed E-state index contributed by atoms with van der Waals surface area (Å²) in [4.78, 5) is 12.8. The predicted octanol–water partition coefficient (Wildman–Crippen LogP) is 1.88. The Kier molecular flexibility index (Phi) is 4.68. The van der Waals surface area contributed by atoms with Crippen molar-refractivity contribution in [2.75, 3.05) is 17.7 Å². The lowest BCUT2D eigenvalue weighted by Crippen LogP contribution is -2.25. The molecule has 6 nitrogen and oxygen atoms in total. The molecular formula is C14H21N5O. The SMILES string of the molecule is CCCC[C@H](CO)Nc1nc(N)nc2c(C)ccnc12. The van der Waals surface area contributed by atoms with E-state index in [0.717, 1.165) is 30.3 Å². The van der Waals surface area contributed by atoms with Crippen molar-refractivity contribution in [3.8, 4) is 0 Å². The van der Waals surface area contributed by atoms with E-state index in [1.54, 1.807) is 6.20 Å². The van der Waals surface area contributed by atoms with Gasteiger partial charge in [0, 0.05) is 6.20 Å². The summed E-state index contributed by atoms with van der Waals surface area (Å²) in [6.45, 7) is 4.13. The molecule has 2 aromatic rings. The second-order valence-electron chi connectivity index (χ2n) is 4.92. The number of hydrogen-bond acceptors (Lipinski definition) is 6. The second kappa shape index (κ2) is 6.47. The summed E-state index contributed by atoms with van der Waals surface area (Å²) in [6.07, 6.45) is 4.73. The van der Waals surface area contributed by atoms with Crippen LogP contribution in [0.3, 0.4) is 0 Å². The Balaban J connectivity index is 2.35. The molecule has 0 aliphatic carbocycles. The molecule has 0 aliphatic rings. The lowest BCUT2D eigenvalue weighted by Gasteiger charge is -2.17. The highest BCUT2D eigenvalue weighted by Crippen LogP contribution is 2.22. The number of nitrogens with two attached hydrogens (primary N) is 1. The van der Waals surface area contributed by atoms with Gasteiger partial charge in [0.1, 0.15) is 5.52 Å². The summed E-state index contributed by atoms with van der Waals surface area (Å²) in [5.74, 6) is 0.801. The number of nitrogens with zero attached hydrogens (tertiary/aromatic N) is 3. The lowest BCUT2D eigenvalue weighted by molar-refractivity contribution is 0.267. The molecule has 2 aromatic heterocycles. The standard InChI is InChI=1S/C14H21N5O/c1-3-4-5-10(8-20)17-13-12-11(18-14(15)19-13)9(2)6-7-16-12/h6-7,10,20H,3-5,8H2,1-2H3,(H3,15,17,18,19)/t10-/m1/s1. The maximum Gasteiger partial charge on any atom is 0.222 e. The molecule has 6 heteroatoms. The van der Waals surface area contributed by atoms with Gasteiger partial charge in [-0.1, -0.05) is 19.8 Å². The van der Waals surface area contributed by atoms with Crippen molar-refractivity contribution in [1.29, 1.82) is 0 Å². The predicted molar refractivity (Wildman–Crippen MR) is 80.5 cm³/mol. The fraction of sp³-hybridized carbons (Fsp3) is 0.500. The summed E-state index contributed by atoms with van der Waals surface area (Å²) in [6, 6.07) is 1.84. The van der Waals surface area contributed by atoms with E-state index in [9.17, 15) is 5.11 Å². The van der Waals surface area contributed by atoms with Crippen LogP contribution in [0.25, 0.3) is 11.0 Å². The summed E-state index contributed by atoms with van der Waals surface area (Å²) < 4.78 is 0. The number of aromatic nitrogens is 3. The quantitative estimate of drug-likeness (QED) is 0.744. The van der Waals surface area contributed by atoms with E-state index in [2.05, 4.69) is 27.2 Å². The Bertz CT molecular complexity index is 587. The Labute approximate surface area is 118 Å². The molecule has 0 radical (unpaired) electrons. The lowest BCUT2D eigenvalue weighted by atomic mass is 10.1. The third-order valence-electron chi connectivity index (χ3n) is 3.27. The van der Waals surface area contributed by atoms with Crippen LogP contribution in [0.2, 0.25) is 0 Å². The van der Waals surface area contributed by atoms with E-state index in [0.29, 0.717) is 11.3 Å². The number of rotatable bonds is 6. The van der Waals surface area contributed by atoms with E-state index in [1.165, 1.54) is 0 Å². The van der Waals surface area contributed by atoms with Crippen LogP contribution in [0.15, 0.2) is 12.3 Å². The van der Waals surface area contributed by atoms with Gasteiger partial charge in [0.25, 0.3) is 0 Å². The molecule has 0 aromatic carbocycles. The molecule has 1 atom stereocenters. The van der Waals surface area contributed by atoms with Gasteiger partial charge in [0.15, 0.2) is 5.82 Å². The van der Waals surface area contributed by atoms with Crippen LogP contribution < -0.4 is 11.1 Å². The van der Waals surface area contributed by atoms with Gasteiger partial charge in [-0.05, 0) is 25.0 Å². The van der Waals surface area contributed by atoms with Gasteiger partial charge in [-0.25, -0.2) is 4.98 Å². The molecule has 20 heavy (non-hydrogen) atoms. The number of aryl methyl sites for hydroxylation is 1. The maximum absolute atomic E-state index is 9.45. The number of fused-ring (bicyclic) bond motifs is 1. The van der Waals surface area contributed by atoms with Crippen LogP contribution in [0.1, 0.15) is 31.7 Å². The van der Waals surface area contributed by atoms with Crippen molar-refractivity contribution < 1.29 is 5.11 Å². The van der Waals surface area contributed by atoms with Crippen LogP contribution in [0, 0.1) is 6.92 Å². The second-order valence-corrected chi connectivity index (χ2v) is 4.92. The van der Waals surface area contributed by atoms with Gasteiger partial charge in [-0.15, -0.1) is 0 Å². The monoisotopic (exact) mass is 275 g/mol. The fourth-order valence-corrected chi connectivity index (χ4v) is 2.13. The van der Waals surface area contributed by atoms with Crippen LogP contribution >= 0.6 is 0 Å². The van der Waals surface area contributed by atoms with Crippen molar-refractivity contribution >= 4 is 22.8 Å². The molecule has 0 unspecified atom stereocenters. The van der Waals surface area contributed by atoms with E-state index in [-0.39, 0.29) is 18.6 Å². The number of pyridine rings is 1. The fourth-order valence-electron chi connectivity index (χ4n) is 2.13. The minimum atomic E-state index is -0.0465. The largest absolute Gasteiger partial charge is 0.394 e. The van der Waals surface area contributed by atoms with E-state index in [1.807, 2.05) is 13.0 Å². The van der Waals surface area contributed by atoms with Crippen LogP contribution in [0.4, 0.5) is 11.8 Å². The normalized spacial score (nSPS) is 12.6. The molecule has 0 saturated heterocycles. The molecule has 108 valence electrons. The first-order chi connectivity index (χ1) is 9.65. The third kappa shape index (κ3) is 3.14. The molecule has 0 amide bonds. The topological polar surface area (TPSA) is 97.0 Å². The first kappa shape index (κ1) is 14.5. The van der Waals surface area contributed by atoms with Crippen molar-refractivity contribution in [3.63, 3.8) is 0 Å². The highest BCUT2D eigenvalue weighted by molar-refractivity contribution is 5.88. The zero-order valence-electron chi connectivity index (χ0n) is 11.9. The first-order valence-electron chi connectivity index (χ1n) is 6.92. The highest BCUT2D eigenvalue weighted by atomic mass is 16.3. The summed E-state index contributed by atoms with van der Waals surface area (Å²) in [5.41, 5.74) is 8.19. The number of aliphatic hydroxyl groups is 1. The zero-order chi connectivity index (χ0) is 14.5. The minimum absolute atomic E-state index is 0.0465. The van der Waals surface area contributed by atoms with Gasteiger partial charge in [-0.2, -0.15) is 4.98 Å². The molecular weight excluding hydrogens is 254 g/mol. The molecule has 0 aliphatic heterocycles. The molecule has 0 saturated carbocycles. The maximum atomic E-state index is 9.45. The Morgan fingerprint density at radius 1 is 1.35 bits per heavy atom. The van der Waals surface area contributed by atoms with Gasteiger partial charge >= 0.3 is 0 Å². The van der Waals surface area contributed by atoms with Gasteiger partial charge in [0.2, 0.25) is 5.95 Å². The van der Waals surface area contributed by atoms with E-state index >= 15 is 0 Å². The van der Waals surface area contributed by atoms with Crippen molar-refractivity contribution in [2.45, 2.75) is 39.2 Å². The molecule has 4 N–H and O–H groups in total. The first-order valence-corrected chi connectivity index (χ1v) is 6.92. The smallest absolute Gasteiger partial charge is 0.222 e. The molecule has 0 spiro atoms. The van der Waals surface area contributed by atoms with E-state index < -0.39 is 0 Å². The van der Waals surface area contributed by atoms with Gasteiger partial charge < -0.3 is 16.2 Å². The van der Waals surface area contributed by atoms with Crippen LogP contribution in [0.5, 0.6) is 0 Å². The number of hydrogen-bond donors (Lipinski definition) is 3. The summed E-state index contributed by atoms with van der Waals surface area (Å²) >= 11 is 0. The number of unbranched alkanes of at least 4 members (excludes halogenated alkanes) is 1. The Morgan fingerprint density at radius 2 is 2.15 bits per heavy atom. The minimum Gasteiger partial charge on any atom is -0.394 e. The van der Waals surface area contributed by atoms with Crippen molar-refractivity contribution in [3.05, 3.63) is 17.8 Å². The van der Waals surface area contributed by atoms with Gasteiger partial charge in [0.05, 0.1) is 18.2 Å². The number of nitrogen functional groups attached to an aromatic ring is 1. The third-order valence-corrected chi connectivity index (χ3v) is 3.27. The molecule has 2 rings (SSSR count). The zero-order valence-corrected chi connectivity index (χ0v) is 11.9. The average molecular weight is 275 g/mol. The summed E-state index contributed by atoms with van der Waals surface area (Å²) in [7, 11) is 0. The molecule has 2 heterocycles. The number of aliphatic hydroxyl groups excluding tert-OH is 1. The Hall–Kier alpha value is -1.95. The summed E-state index contributed by atoms with van der Waals surface area (Å²) in [5, 5.41) is 12.7. The van der Waals surface area contributed by atoms with Crippen molar-refractivity contribution in [1.82, 2.24) is 15.0 Å². The number of anilines is 2. The van der Waals surface area contributed by atoms with Crippen LogP contribution in [-0.2, 0) is 0 Å². The Morgan fingerprint density at radius 3 is 2.85 bits per heavy atom. The molecule has 0 bridgehead atoms. The van der Waals surface area contributed by atoms with Crippen molar-refractivity contribution in [2.24, 2.45) is 0 Å². The van der Waals surface area contributed by atoms with E-state index in [4.69, 9.17) is 5.73 Å².